The Morgan fingerprint density at radius 2 is 2.00 bits per heavy atom. The molecule has 138 valence electrons. The van der Waals surface area contributed by atoms with E-state index in [-0.39, 0.29) is 6.04 Å². The topological polar surface area (TPSA) is 52.1 Å². The average molecular weight is 400 g/mol. The van der Waals surface area contributed by atoms with Crippen LogP contribution in [0.1, 0.15) is 28.6 Å². The van der Waals surface area contributed by atoms with Gasteiger partial charge in [-0.05, 0) is 41.8 Å². The number of aromatic amines is 1. The molecule has 0 saturated heterocycles. The lowest BCUT2D eigenvalue weighted by Crippen LogP contribution is -2.41. The minimum absolute atomic E-state index is 0.0682. The number of rotatable bonds is 2. The standard InChI is InChI=1S/C21H19Cl2N3O/c22-13-6-5-12-9-19(20(27)15(12)10-13)26-8-7-17-18(11-26)25-21(24-17)14-3-1-2-4-16(14)23/h1-6,10,19-20,27H,7-9,11H2,(H,24,25). The molecule has 2 aromatic carbocycles. The number of H-pyrrole nitrogens is 1. The van der Waals surface area contributed by atoms with Crippen LogP contribution < -0.4 is 0 Å². The highest BCUT2D eigenvalue weighted by atomic mass is 35.5. The van der Waals surface area contributed by atoms with Crippen molar-refractivity contribution in [2.24, 2.45) is 0 Å². The van der Waals surface area contributed by atoms with Crippen LogP contribution in [-0.2, 0) is 19.4 Å². The second kappa shape index (κ2) is 6.64. The van der Waals surface area contributed by atoms with E-state index in [0.29, 0.717) is 10.0 Å². The van der Waals surface area contributed by atoms with Crippen molar-refractivity contribution in [2.75, 3.05) is 6.54 Å². The Labute approximate surface area is 167 Å². The normalized spacial score (nSPS) is 21.9. The molecule has 0 radical (unpaired) electrons. The third-order valence-corrected chi connectivity index (χ3v) is 6.24. The van der Waals surface area contributed by atoms with Crippen LogP contribution in [0.15, 0.2) is 42.5 Å². The van der Waals surface area contributed by atoms with Crippen LogP contribution in [0.5, 0.6) is 0 Å². The lowest BCUT2D eigenvalue weighted by Gasteiger charge is -2.33. The van der Waals surface area contributed by atoms with Crippen LogP contribution in [0.4, 0.5) is 0 Å². The predicted molar refractivity (Wildman–Crippen MR) is 107 cm³/mol. The summed E-state index contributed by atoms with van der Waals surface area (Å²) in [5, 5.41) is 12.2. The van der Waals surface area contributed by atoms with Crippen molar-refractivity contribution in [3.8, 4) is 11.4 Å². The molecule has 1 aliphatic carbocycles. The van der Waals surface area contributed by atoms with Crippen molar-refractivity contribution >= 4 is 23.2 Å². The molecule has 3 aromatic rings. The molecule has 0 fully saturated rings. The number of aliphatic hydroxyl groups is 1. The Bertz CT molecular complexity index is 1020. The highest BCUT2D eigenvalue weighted by molar-refractivity contribution is 6.33. The Hall–Kier alpha value is -1.85. The molecule has 2 atom stereocenters. The number of benzene rings is 2. The van der Waals surface area contributed by atoms with E-state index in [4.69, 9.17) is 28.2 Å². The van der Waals surface area contributed by atoms with Crippen molar-refractivity contribution in [1.82, 2.24) is 14.9 Å². The second-order valence-corrected chi connectivity index (χ2v) is 8.11. The van der Waals surface area contributed by atoms with Crippen molar-refractivity contribution in [1.29, 1.82) is 0 Å². The van der Waals surface area contributed by atoms with Gasteiger partial charge in [0, 0.05) is 36.1 Å². The fraction of sp³-hybridized carbons (Fsp3) is 0.286. The van der Waals surface area contributed by atoms with Gasteiger partial charge in [-0.15, -0.1) is 0 Å². The molecule has 2 heterocycles. The lowest BCUT2D eigenvalue weighted by molar-refractivity contribution is 0.0517. The molecule has 0 bridgehead atoms. The quantitative estimate of drug-likeness (QED) is 0.671. The minimum atomic E-state index is -0.508. The summed E-state index contributed by atoms with van der Waals surface area (Å²) in [5.41, 5.74) is 5.26. The summed E-state index contributed by atoms with van der Waals surface area (Å²) in [5.74, 6) is 0.814. The first-order valence-corrected chi connectivity index (χ1v) is 9.89. The van der Waals surface area contributed by atoms with Gasteiger partial charge >= 0.3 is 0 Å². The van der Waals surface area contributed by atoms with Gasteiger partial charge in [0.1, 0.15) is 5.82 Å². The number of halogens is 2. The Morgan fingerprint density at radius 3 is 2.85 bits per heavy atom. The largest absolute Gasteiger partial charge is 0.387 e. The molecule has 5 rings (SSSR count). The van der Waals surface area contributed by atoms with E-state index in [0.717, 1.165) is 54.3 Å². The Balaban J connectivity index is 1.40. The summed E-state index contributed by atoms with van der Waals surface area (Å²) in [6, 6.07) is 13.6. The van der Waals surface area contributed by atoms with Crippen molar-refractivity contribution in [3.05, 3.63) is 75.0 Å². The SMILES string of the molecule is OC1c2cc(Cl)ccc2CC1N1CCc2nc(-c3ccccc3Cl)[nH]c2C1. The number of nitrogens with one attached hydrogen (secondary N) is 1. The molecule has 0 spiro atoms. The van der Waals surface area contributed by atoms with Crippen LogP contribution in [0, 0.1) is 0 Å². The van der Waals surface area contributed by atoms with Gasteiger partial charge in [-0.3, -0.25) is 4.90 Å². The molecule has 4 nitrogen and oxygen atoms in total. The number of aliphatic hydroxyl groups excluding tert-OH is 1. The van der Waals surface area contributed by atoms with Gasteiger partial charge in [0.15, 0.2) is 0 Å². The van der Waals surface area contributed by atoms with E-state index in [1.165, 1.54) is 5.56 Å². The summed E-state index contributed by atoms with van der Waals surface area (Å²) in [6.07, 6.45) is 1.19. The van der Waals surface area contributed by atoms with Gasteiger partial charge < -0.3 is 10.1 Å². The summed E-state index contributed by atoms with van der Waals surface area (Å²) >= 11 is 12.4. The first-order valence-electron chi connectivity index (χ1n) is 9.13. The smallest absolute Gasteiger partial charge is 0.139 e. The number of hydrogen-bond donors (Lipinski definition) is 2. The maximum Gasteiger partial charge on any atom is 0.139 e. The molecule has 1 aromatic heterocycles. The van der Waals surface area contributed by atoms with E-state index in [2.05, 4.69) is 9.88 Å². The van der Waals surface area contributed by atoms with Crippen LogP contribution in [-0.4, -0.2) is 32.6 Å². The van der Waals surface area contributed by atoms with Crippen LogP contribution in [0.2, 0.25) is 10.0 Å². The first kappa shape index (κ1) is 17.3. The highest BCUT2D eigenvalue weighted by Crippen LogP contribution is 2.38. The van der Waals surface area contributed by atoms with Crippen molar-refractivity contribution < 1.29 is 5.11 Å². The number of imidazole rings is 1. The summed E-state index contributed by atoms with van der Waals surface area (Å²) in [7, 11) is 0. The summed E-state index contributed by atoms with van der Waals surface area (Å²) in [6.45, 7) is 1.62. The van der Waals surface area contributed by atoms with Gasteiger partial charge in [-0.2, -0.15) is 0 Å². The minimum Gasteiger partial charge on any atom is -0.387 e. The fourth-order valence-electron chi connectivity index (χ4n) is 4.28. The van der Waals surface area contributed by atoms with E-state index >= 15 is 0 Å². The Morgan fingerprint density at radius 1 is 1.15 bits per heavy atom. The fourth-order valence-corrected chi connectivity index (χ4v) is 4.68. The predicted octanol–water partition coefficient (Wildman–Crippen LogP) is 4.40. The summed E-state index contributed by atoms with van der Waals surface area (Å²) < 4.78 is 0. The molecule has 0 saturated carbocycles. The maximum atomic E-state index is 10.8. The van der Waals surface area contributed by atoms with Gasteiger partial charge in [0.2, 0.25) is 0 Å². The van der Waals surface area contributed by atoms with Crippen LogP contribution >= 0.6 is 23.2 Å². The Kier molecular flexibility index (Phi) is 4.25. The molecular weight excluding hydrogens is 381 g/mol. The zero-order chi connectivity index (χ0) is 18.5. The monoisotopic (exact) mass is 399 g/mol. The molecule has 0 amide bonds. The van der Waals surface area contributed by atoms with Crippen LogP contribution in [0.3, 0.4) is 0 Å². The number of nitrogens with zero attached hydrogens (tertiary/aromatic N) is 2. The third kappa shape index (κ3) is 2.97. The van der Waals surface area contributed by atoms with Crippen LogP contribution in [0.25, 0.3) is 11.4 Å². The first-order chi connectivity index (χ1) is 13.1. The van der Waals surface area contributed by atoms with E-state index in [9.17, 15) is 5.11 Å². The highest BCUT2D eigenvalue weighted by Gasteiger charge is 2.37. The van der Waals surface area contributed by atoms with Crippen molar-refractivity contribution in [2.45, 2.75) is 31.5 Å². The zero-order valence-corrected chi connectivity index (χ0v) is 16.1. The molecule has 1 aliphatic heterocycles. The number of fused-ring (bicyclic) bond motifs is 2. The van der Waals surface area contributed by atoms with Crippen molar-refractivity contribution in [3.63, 3.8) is 0 Å². The van der Waals surface area contributed by atoms with Gasteiger partial charge in [0.05, 0.1) is 22.5 Å². The number of hydrogen-bond acceptors (Lipinski definition) is 3. The van der Waals surface area contributed by atoms with Gasteiger partial charge in [0.25, 0.3) is 0 Å². The second-order valence-electron chi connectivity index (χ2n) is 7.27. The molecule has 2 N–H and O–H groups in total. The number of aromatic nitrogens is 2. The molecule has 2 aliphatic rings. The molecule has 27 heavy (non-hydrogen) atoms. The van der Waals surface area contributed by atoms with Gasteiger partial charge in [-0.25, -0.2) is 4.98 Å². The maximum absolute atomic E-state index is 10.8. The zero-order valence-electron chi connectivity index (χ0n) is 14.6. The summed E-state index contributed by atoms with van der Waals surface area (Å²) in [4.78, 5) is 10.6. The third-order valence-electron chi connectivity index (χ3n) is 5.68. The lowest BCUT2D eigenvalue weighted by atomic mass is 10.1. The molecular formula is C21H19Cl2N3O. The average Bonchev–Trinajstić information content (AvgIpc) is 3.23. The molecule has 6 heteroatoms. The van der Waals surface area contributed by atoms with E-state index in [1.54, 1.807) is 0 Å². The van der Waals surface area contributed by atoms with Gasteiger partial charge in [-0.1, -0.05) is 41.4 Å². The van der Waals surface area contributed by atoms with E-state index < -0.39 is 6.10 Å². The van der Waals surface area contributed by atoms with E-state index in [1.807, 2.05) is 42.5 Å². The molecule has 2 unspecified atom stereocenters.